The number of aromatic nitrogens is 2. The summed E-state index contributed by atoms with van der Waals surface area (Å²) in [7, 11) is 0. The Morgan fingerprint density at radius 2 is 1.86 bits per heavy atom. The monoisotopic (exact) mass is 414 g/mol. The minimum Gasteiger partial charge on any atom is -0.444 e. The molecule has 2 heterocycles. The first kappa shape index (κ1) is 20.9. The van der Waals surface area contributed by atoms with E-state index in [9.17, 15) is 9.59 Å². The maximum absolute atomic E-state index is 12.7. The van der Waals surface area contributed by atoms with Gasteiger partial charge in [-0.2, -0.15) is 0 Å². The molecule has 1 unspecified atom stereocenters. The topological polar surface area (TPSA) is 84.7 Å². The van der Waals surface area contributed by atoms with E-state index in [1.165, 1.54) is 0 Å². The number of hydrogen-bond acceptors (Lipinski definition) is 5. The Bertz CT molecular complexity index is 971. The number of anilines is 1. The first-order chi connectivity index (χ1) is 13.6. The number of alkyl carbamates (subject to hydrolysis) is 1. The fourth-order valence-corrected chi connectivity index (χ4v) is 3.48. The molecule has 8 heteroatoms. The highest BCUT2D eigenvalue weighted by molar-refractivity contribution is 7.15. The van der Waals surface area contributed by atoms with E-state index < -0.39 is 17.7 Å². The van der Waals surface area contributed by atoms with E-state index in [1.807, 2.05) is 60.3 Å². The Balaban J connectivity index is 1.66. The lowest BCUT2D eigenvalue weighted by Crippen LogP contribution is -2.48. The van der Waals surface area contributed by atoms with Crippen LogP contribution in [0.25, 0.3) is 16.2 Å². The quantitative estimate of drug-likeness (QED) is 0.641. The summed E-state index contributed by atoms with van der Waals surface area (Å²) >= 11 is 1.58. The van der Waals surface area contributed by atoms with Crippen molar-refractivity contribution in [3.05, 3.63) is 42.0 Å². The Labute approximate surface area is 174 Å². The van der Waals surface area contributed by atoms with E-state index in [-0.39, 0.29) is 11.8 Å². The van der Waals surface area contributed by atoms with Gasteiger partial charge in [0.2, 0.25) is 5.91 Å². The number of carbonyl (C=O) groups is 2. The standard InChI is InChI=1S/C21H26N4O3S/c1-13(2)17(24-20(27)28-21(3,4)5)18(26)22-15-8-6-14(7-9-15)16-12-25-10-11-29-19(25)23-16/h6-13,17H,1-5H3,(H,22,26)(H,24,27). The van der Waals surface area contributed by atoms with Gasteiger partial charge in [0.25, 0.3) is 0 Å². The van der Waals surface area contributed by atoms with Gasteiger partial charge in [-0.3, -0.25) is 9.20 Å². The van der Waals surface area contributed by atoms with Gasteiger partial charge >= 0.3 is 6.09 Å². The second-order valence-electron chi connectivity index (χ2n) is 8.15. The smallest absolute Gasteiger partial charge is 0.408 e. The third-order valence-electron chi connectivity index (χ3n) is 4.16. The molecule has 29 heavy (non-hydrogen) atoms. The van der Waals surface area contributed by atoms with Crippen molar-refractivity contribution >= 4 is 34.0 Å². The summed E-state index contributed by atoms with van der Waals surface area (Å²) < 4.78 is 7.24. The molecule has 0 radical (unpaired) electrons. The summed E-state index contributed by atoms with van der Waals surface area (Å²) in [5.41, 5.74) is 1.86. The average molecular weight is 415 g/mol. The number of benzene rings is 1. The Kier molecular flexibility index (Phi) is 5.93. The molecular weight excluding hydrogens is 388 g/mol. The fourth-order valence-electron chi connectivity index (χ4n) is 2.78. The van der Waals surface area contributed by atoms with Crippen LogP contribution in [0.15, 0.2) is 42.0 Å². The number of nitrogens with zero attached hydrogens (tertiary/aromatic N) is 2. The molecule has 0 spiro atoms. The van der Waals surface area contributed by atoms with Gasteiger partial charge in [-0.15, -0.1) is 11.3 Å². The predicted molar refractivity (Wildman–Crippen MR) is 115 cm³/mol. The van der Waals surface area contributed by atoms with Gasteiger partial charge in [-0.1, -0.05) is 26.0 Å². The Morgan fingerprint density at radius 1 is 1.17 bits per heavy atom. The summed E-state index contributed by atoms with van der Waals surface area (Å²) in [5, 5.41) is 7.50. The fraction of sp³-hybridized carbons (Fsp3) is 0.381. The molecule has 3 rings (SSSR count). The SMILES string of the molecule is CC(C)C(NC(=O)OC(C)(C)C)C(=O)Nc1ccc(-c2cn3ccsc3n2)cc1. The van der Waals surface area contributed by atoms with Crippen molar-refractivity contribution in [2.75, 3.05) is 5.32 Å². The molecule has 2 amide bonds. The van der Waals surface area contributed by atoms with Gasteiger partial charge in [0.1, 0.15) is 11.6 Å². The lowest BCUT2D eigenvalue weighted by Gasteiger charge is -2.25. The van der Waals surface area contributed by atoms with Crippen LogP contribution in [0, 0.1) is 5.92 Å². The minimum absolute atomic E-state index is 0.0970. The Morgan fingerprint density at radius 3 is 2.45 bits per heavy atom. The minimum atomic E-state index is -0.704. The van der Waals surface area contributed by atoms with Crippen molar-refractivity contribution in [3.8, 4) is 11.3 Å². The van der Waals surface area contributed by atoms with Gasteiger partial charge < -0.3 is 15.4 Å². The summed E-state index contributed by atoms with van der Waals surface area (Å²) in [4.78, 5) is 30.3. The van der Waals surface area contributed by atoms with Crippen LogP contribution in [-0.2, 0) is 9.53 Å². The molecule has 2 aromatic heterocycles. The van der Waals surface area contributed by atoms with Gasteiger partial charge in [-0.05, 0) is 38.8 Å². The summed E-state index contributed by atoms with van der Waals surface area (Å²) in [6.45, 7) is 9.08. The molecule has 154 valence electrons. The number of nitrogens with one attached hydrogen (secondary N) is 2. The van der Waals surface area contributed by atoms with E-state index in [1.54, 1.807) is 32.1 Å². The van der Waals surface area contributed by atoms with Crippen LogP contribution in [-0.4, -0.2) is 33.0 Å². The summed E-state index contributed by atoms with van der Waals surface area (Å²) in [5.74, 6) is -0.388. The summed E-state index contributed by atoms with van der Waals surface area (Å²) in [6.07, 6.45) is 3.33. The number of carbonyl (C=O) groups excluding carboxylic acids is 2. The number of imidazole rings is 1. The zero-order valence-corrected chi connectivity index (χ0v) is 18.0. The lowest BCUT2D eigenvalue weighted by atomic mass is 10.0. The van der Waals surface area contributed by atoms with Crippen molar-refractivity contribution in [1.29, 1.82) is 0 Å². The molecule has 0 saturated carbocycles. The van der Waals surface area contributed by atoms with E-state index in [0.717, 1.165) is 16.2 Å². The molecule has 1 atom stereocenters. The normalized spacial score (nSPS) is 12.8. The highest BCUT2D eigenvalue weighted by Crippen LogP contribution is 2.23. The molecule has 7 nitrogen and oxygen atoms in total. The zero-order chi connectivity index (χ0) is 21.2. The average Bonchev–Trinajstić information content (AvgIpc) is 3.20. The number of thiazole rings is 1. The molecule has 0 aliphatic carbocycles. The van der Waals surface area contributed by atoms with Gasteiger partial charge in [-0.25, -0.2) is 9.78 Å². The van der Waals surface area contributed by atoms with Crippen LogP contribution in [0.3, 0.4) is 0 Å². The third kappa shape index (κ3) is 5.35. The van der Waals surface area contributed by atoms with Crippen molar-refractivity contribution in [2.24, 2.45) is 5.92 Å². The van der Waals surface area contributed by atoms with Gasteiger partial charge in [0, 0.05) is 29.0 Å². The van der Waals surface area contributed by atoms with E-state index in [2.05, 4.69) is 15.6 Å². The number of amides is 2. The van der Waals surface area contributed by atoms with E-state index in [4.69, 9.17) is 4.74 Å². The molecule has 2 N–H and O–H groups in total. The number of hydrogen-bond donors (Lipinski definition) is 2. The molecular formula is C21H26N4O3S. The predicted octanol–water partition coefficient (Wildman–Crippen LogP) is 4.55. The van der Waals surface area contributed by atoms with Crippen LogP contribution in [0.5, 0.6) is 0 Å². The van der Waals surface area contributed by atoms with Crippen LogP contribution in [0.4, 0.5) is 10.5 Å². The molecule has 0 fully saturated rings. The maximum atomic E-state index is 12.7. The lowest BCUT2D eigenvalue weighted by molar-refractivity contribution is -0.119. The molecule has 0 aliphatic rings. The molecule has 1 aromatic carbocycles. The molecule has 0 aliphatic heterocycles. The van der Waals surface area contributed by atoms with E-state index >= 15 is 0 Å². The second-order valence-corrected chi connectivity index (χ2v) is 9.03. The Hall–Kier alpha value is -2.87. The number of ether oxygens (including phenoxy) is 1. The first-order valence-corrected chi connectivity index (χ1v) is 10.3. The van der Waals surface area contributed by atoms with Gasteiger partial charge in [0.05, 0.1) is 5.69 Å². The first-order valence-electron chi connectivity index (χ1n) is 9.45. The van der Waals surface area contributed by atoms with E-state index in [0.29, 0.717) is 5.69 Å². The molecule has 0 bridgehead atoms. The van der Waals surface area contributed by atoms with Crippen LogP contribution in [0.1, 0.15) is 34.6 Å². The van der Waals surface area contributed by atoms with Crippen LogP contribution in [0.2, 0.25) is 0 Å². The highest BCUT2D eigenvalue weighted by atomic mass is 32.1. The molecule has 0 saturated heterocycles. The van der Waals surface area contributed by atoms with Crippen LogP contribution < -0.4 is 10.6 Å². The van der Waals surface area contributed by atoms with Crippen molar-refractivity contribution in [3.63, 3.8) is 0 Å². The summed E-state index contributed by atoms with van der Waals surface area (Å²) in [6, 6.07) is 6.77. The maximum Gasteiger partial charge on any atom is 0.408 e. The second kappa shape index (κ2) is 8.24. The van der Waals surface area contributed by atoms with Crippen molar-refractivity contribution < 1.29 is 14.3 Å². The van der Waals surface area contributed by atoms with Crippen molar-refractivity contribution in [2.45, 2.75) is 46.3 Å². The van der Waals surface area contributed by atoms with Gasteiger partial charge in [0.15, 0.2) is 4.96 Å². The largest absolute Gasteiger partial charge is 0.444 e. The highest BCUT2D eigenvalue weighted by Gasteiger charge is 2.27. The van der Waals surface area contributed by atoms with Crippen molar-refractivity contribution in [1.82, 2.24) is 14.7 Å². The van der Waals surface area contributed by atoms with Crippen LogP contribution >= 0.6 is 11.3 Å². The molecule has 3 aromatic rings. The third-order valence-corrected chi connectivity index (χ3v) is 4.93. The number of rotatable bonds is 5. The zero-order valence-electron chi connectivity index (χ0n) is 17.2. The number of fused-ring (bicyclic) bond motifs is 1.